The van der Waals surface area contributed by atoms with E-state index in [9.17, 15) is 30.8 Å². The zero-order chi connectivity index (χ0) is 27.7. The minimum Gasteiger partial charge on any atom is -0.345 e. The van der Waals surface area contributed by atoms with Gasteiger partial charge in [-0.15, -0.1) is 0 Å². The first-order chi connectivity index (χ1) is 17.9. The van der Waals surface area contributed by atoms with E-state index < -0.39 is 49.7 Å². The highest BCUT2D eigenvalue weighted by Gasteiger charge is 2.30. The molecule has 196 valence electrons. The zero-order valence-electron chi connectivity index (χ0n) is 19.5. The van der Waals surface area contributed by atoms with Crippen LogP contribution in [0, 0.1) is 11.2 Å². The Morgan fingerprint density at radius 1 is 1.13 bits per heavy atom. The molecule has 0 spiro atoms. The van der Waals surface area contributed by atoms with Crippen LogP contribution in [0.2, 0.25) is 0 Å². The first-order valence-corrected chi connectivity index (χ1v) is 12.4. The first-order valence-electron chi connectivity index (χ1n) is 10.9. The van der Waals surface area contributed by atoms with Gasteiger partial charge in [0.1, 0.15) is 11.5 Å². The van der Waals surface area contributed by atoms with E-state index in [1.165, 1.54) is 18.6 Å². The second-order valence-electron chi connectivity index (χ2n) is 8.12. The highest BCUT2D eigenvalue weighted by Crippen LogP contribution is 2.30. The molecule has 0 saturated carbocycles. The Labute approximate surface area is 214 Å². The van der Waals surface area contributed by atoms with E-state index in [2.05, 4.69) is 19.7 Å². The van der Waals surface area contributed by atoms with Gasteiger partial charge >= 0.3 is 6.18 Å². The van der Waals surface area contributed by atoms with Crippen molar-refractivity contribution in [2.24, 2.45) is 4.99 Å². The molecule has 2 aromatic heterocycles. The van der Waals surface area contributed by atoms with Gasteiger partial charge in [-0.1, -0.05) is 0 Å². The van der Waals surface area contributed by atoms with Gasteiger partial charge in [-0.05, 0) is 54.1 Å². The van der Waals surface area contributed by atoms with Crippen LogP contribution in [0.4, 0.5) is 23.2 Å². The number of rotatable bonds is 8. The normalized spacial score (nSPS) is 13.1. The predicted molar refractivity (Wildman–Crippen MR) is 134 cm³/mol. The number of benzene rings is 2. The number of pyridine rings is 1. The van der Waals surface area contributed by atoms with Crippen LogP contribution in [0.5, 0.6) is 0 Å². The van der Waals surface area contributed by atoms with Gasteiger partial charge in [0.25, 0.3) is 10.0 Å². The SMILES string of the molecule is CN=CC(C=N)c1cnc2[nH]cc(C(=O)c3cc(NS(=O)(=O)c4ccc(C(F)(F)F)cc4)ccc3F)c2c1. The summed E-state index contributed by atoms with van der Waals surface area (Å²) in [6.45, 7) is 0. The standard InChI is InChI=1S/C25H19F4N5O3S/c1-31-11-15(10-30)14-8-19-21(13-33-24(19)32-12-14)23(35)20-9-17(4-7-22(20)26)34-38(36,37)18-5-2-16(3-6-18)25(27,28)29/h2-13,15,30,34H,1H3,(H,32,33). The van der Waals surface area contributed by atoms with Crippen LogP contribution in [-0.2, 0) is 16.2 Å². The number of aromatic nitrogens is 2. The number of aliphatic imine (C=N–C) groups is 1. The maximum absolute atomic E-state index is 14.7. The van der Waals surface area contributed by atoms with Crippen LogP contribution >= 0.6 is 0 Å². The summed E-state index contributed by atoms with van der Waals surface area (Å²) in [7, 11) is -2.79. The molecule has 3 N–H and O–H groups in total. The Hall–Kier alpha value is -4.39. The molecule has 2 aromatic carbocycles. The fraction of sp³-hybridized carbons (Fsp3) is 0.120. The summed E-state index contributed by atoms with van der Waals surface area (Å²) < 4.78 is 80.7. The molecule has 8 nitrogen and oxygen atoms in total. The van der Waals surface area contributed by atoms with Gasteiger partial charge in [-0.25, -0.2) is 17.8 Å². The average Bonchev–Trinajstić information content (AvgIpc) is 3.30. The number of fused-ring (bicyclic) bond motifs is 1. The van der Waals surface area contributed by atoms with E-state index in [1.54, 1.807) is 13.1 Å². The van der Waals surface area contributed by atoms with Gasteiger partial charge in [0, 0.05) is 48.5 Å². The number of nitrogens with one attached hydrogen (secondary N) is 3. The number of aromatic amines is 1. The van der Waals surface area contributed by atoms with Crippen molar-refractivity contribution >= 4 is 45.0 Å². The molecule has 4 rings (SSSR count). The maximum Gasteiger partial charge on any atom is 0.416 e. The average molecular weight is 546 g/mol. The fourth-order valence-corrected chi connectivity index (χ4v) is 4.77. The number of carbonyl (C=O) groups is 1. The number of hydrogen-bond acceptors (Lipinski definition) is 6. The third-order valence-electron chi connectivity index (χ3n) is 5.63. The van der Waals surface area contributed by atoms with E-state index in [1.807, 2.05) is 0 Å². The van der Waals surface area contributed by atoms with Gasteiger partial charge in [0.05, 0.1) is 21.9 Å². The van der Waals surface area contributed by atoms with Crippen molar-refractivity contribution in [2.75, 3.05) is 11.8 Å². The second kappa shape index (κ2) is 10.2. The molecule has 0 aliphatic rings. The van der Waals surface area contributed by atoms with Crippen molar-refractivity contribution < 1.29 is 30.8 Å². The highest BCUT2D eigenvalue weighted by molar-refractivity contribution is 7.92. The Balaban J connectivity index is 1.67. The van der Waals surface area contributed by atoms with Crippen molar-refractivity contribution in [3.8, 4) is 0 Å². The molecule has 0 aliphatic heterocycles. The lowest BCUT2D eigenvalue weighted by Crippen LogP contribution is -2.14. The van der Waals surface area contributed by atoms with Crippen molar-refractivity contribution in [1.82, 2.24) is 9.97 Å². The molecular weight excluding hydrogens is 526 g/mol. The third kappa shape index (κ3) is 5.32. The lowest BCUT2D eigenvalue weighted by Gasteiger charge is -2.11. The number of carbonyl (C=O) groups excluding carboxylic acids is 1. The largest absolute Gasteiger partial charge is 0.416 e. The Morgan fingerprint density at radius 3 is 2.47 bits per heavy atom. The van der Waals surface area contributed by atoms with Crippen LogP contribution in [-0.4, -0.2) is 43.6 Å². The molecule has 1 unspecified atom stereocenters. The number of sulfonamides is 1. The predicted octanol–water partition coefficient (Wildman–Crippen LogP) is 5.19. The van der Waals surface area contributed by atoms with Crippen molar-refractivity contribution in [1.29, 1.82) is 5.41 Å². The summed E-state index contributed by atoms with van der Waals surface area (Å²) in [5.41, 5.74) is -0.650. The van der Waals surface area contributed by atoms with Gasteiger partial charge < -0.3 is 10.4 Å². The lowest BCUT2D eigenvalue weighted by molar-refractivity contribution is -0.137. The smallest absolute Gasteiger partial charge is 0.345 e. The summed E-state index contributed by atoms with van der Waals surface area (Å²) in [5.74, 6) is -2.17. The Bertz CT molecular complexity index is 1660. The van der Waals surface area contributed by atoms with Gasteiger partial charge in [-0.2, -0.15) is 13.2 Å². The lowest BCUT2D eigenvalue weighted by atomic mass is 9.99. The fourth-order valence-electron chi connectivity index (χ4n) is 3.72. The van der Waals surface area contributed by atoms with Gasteiger partial charge in [0.2, 0.25) is 0 Å². The number of alkyl halides is 3. The monoisotopic (exact) mass is 545 g/mol. The van der Waals surface area contributed by atoms with Crippen molar-refractivity contribution in [3.63, 3.8) is 0 Å². The summed E-state index contributed by atoms with van der Waals surface area (Å²) in [4.78, 5) is 23.8. The topological polar surface area (TPSA) is 128 Å². The number of ketones is 1. The van der Waals surface area contributed by atoms with Gasteiger partial charge in [-0.3, -0.25) is 14.5 Å². The molecule has 0 fully saturated rings. The van der Waals surface area contributed by atoms with E-state index >= 15 is 0 Å². The number of halogens is 4. The quantitative estimate of drug-likeness (QED) is 0.160. The summed E-state index contributed by atoms with van der Waals surface area (Å²) >= 11 is 0. The maximum atomic E-state index is 14.7. The van der Waals surface area contributed by atoms with Crippen molar-refractivity contribution in [2.45, 2.75) is 17.0 Å². The summed E-state index contributed by atoms with van der Waals surface area (Å²) in [6, 6.07) is 7.45. The van der Waals surface area contributed by atoms with Gasteiger partial charge in [0.15, 0.2) is 5.78 Å². The summed E-state index contributed by atoms with van der Waals surface area (Å²) in [5, 5.41) is 7.95. The first kappa shape index (κ1) is 26.7. The van der Waals surface area contributed by atoms with E-state index in [4.69, 9.17) is 5.41 Å². The van der Waals surface area contributed by atoms with Crippen molar-refractivity contribution in [3.05, 3.63) is 89.0 Å². The van der Waals surface area contributed by atoms with E-state index in [0.717, 1.165) is 36.5 Å². The van der Waals surface area contributed by atoms with Crippen LogP contribution in [0.1, 0.15) is 33.0 Å². The molecule has 2 heterocycles. The summed E-state index contributed by atoms with van der Waals surface area (Å²) in [6.07, 6.45) is 0.897. The molecule has 13 heteroatoms. The second-order valence-corrected chi connectivity index (χ2v) is 9.80. The van der Waals surface area contributed by atoms with E-state index in [0.29, 0.717) is 28.7 Å². The molecule has 0 radical (unpaired) electrons. The van der Waals surface area contributed by atoms with Crippen LogP contribution in [0.25, 0.3) is 11.0 Å². The minimum atomic E-state index is -4.63. The highest BCUT2D eigenvalue weighted by atomic mass is 32.2. The molecule has 0 aliphatic carbocycles. The number of anilines is 1. The number of hydrogen-bond donors (Lipinski definition) is 3. The zero-order valence-corrected chi connectivity index (χ0v) is 20.4. The molecule has 0 amide bonds. The Kier molecular flexibility index (Phi) is 7.14. The number of H-pyrrole nitrogens is 1. The molecule has 0 saturated heterocycles. The van der Waals surface area contributed by atoms with Crippen LogP contribution < -0.4 is 4.72 Å². The Morgan fingerprint density at radius 2 is 1.84 bits per heavy atom. The number of nitrogens with zero attached hydrogens (tertiary/aromatic N) is 2. The molecule has 1 atom stereocenters. The molecule has 4 aromatic rings. The third-order valence-corrected chi connectivity index (χ3v) is 7.02. The van der Waals surface area contributed by atoms with Crippen LogP contribution in [0.3, 0.4) is 0 Å². The van der Waals surface area contributed by atoms with Crippen LogP contribution in [0.15, 0.2) is 70.8 Å². The molecular formula is C25H19F4N5O3S. The molecule has 38 heavy (non-hydrogen) atoms. The molecule has 0 bridgehead atoms. The minimum absolute atomic E-state index is 0.0631. The van der Waals surface area contributed by atoms with E-state index in [-0.39, 0.29) is 11.3 Å².